The van der Waals surface area contributed by atoms with Crippen molar-refractivity contribution >= 4 is 35.8 Å². The number of carbonyl (C=O) groups is 6. The minimum absolute atomic E-state index is 0.0314. The van der Waals surface area contributed by atoms with E-state index in [0.717, 1.165) is 25.0 Å². The van der Waals surface area contributed by atoms with Gasteiger partial charge in [-0.3, -0.25) is 14.4 Å². The van der Waals surface area contributed by atoms with Gasteiger partial charge in [-0.1, -0.05) is 6.07 Å². The minimum atomic E-state index is -2.38. The molecule has 0 saturated carbocycles. The van der Waals surface area contributed by atoms with Crippen LogP contribution in [0.5, 0.6) is 11.5 Å². The van der Waals surface area contributed by atoms with Crippen molar-refractivity contribution < 1.29 is 72.5 Å². The van der Waals surface area contributed by atoms with E-state index in [9.17, 15) is 39.0 Å². The van der Waals surface area contributed by atoms with Crippen LogP contribution in [-0.2, 0) is 59.6 Å². The van der Waals surface area contributed by atoms with Crippen LogP contribution in [0.4, 0.5) is 0 Å². The number of carboxylic acid groups (broad SMARTS) is 2. The summed E-state index contributed by atoms with van der Waals surface area (Å²) < 4.78 is 32.4. The quantitative estimate of drug-likeness (QED) is 0.210. The lowest BCUT2D eigenvalue weighted by molar-refractivity contribution is -0.195. The average Bonchev–Trinajstić information content (AvgIpc) is 3.33. The fourth-order valence-electron chi connectivity index (χ4n) is 7.13. The van der Waals surface area contributed by atoms with Crippen molar-refractivity contribution in [3.05, 3.63) is 35.1 Å². The summed E-state index contributed by atoms with van der Waals surface area (Å²) in [5.74, 6) is -8.10. The zero-order valence-electron chi connectivity index (χ0n) is 25.3. The van der Waals surface area contributed by atoms with Crippen LogP contribution >= 0.6 is 0 Å². The second-order valence-corrected chi connectivity index (χ2v) is 11.6. The van der Waals surface area contributed by atoms with E-state index in [4.69, 9.17) is 33.5 Å². The van der Waals surface area contributed by atoms with Crippen LogP contribution in [0.15, 0.2) is 24.0 Å². The molecule has 1 aromatic rings. The molecule has 1 fully saturated rings. The second kappa shape index (κ2) is 11.9. The number of carbonyl (C=O) groups excluding carboxylic acids is 4. The number of rotatable bonds is 11. The topological polar surface area (TPSA) is 222 Å². The number of methoxy groups -OCH3 is 1. The number of hydrogen-bond acceptors (Lipinski definition) is 14. The van der Waals surface area contributed by atoms with Gasteiger partial charge >= 0.3 is 35.8 Å². The first-order chi connectivity index (χ1) is 21.6. The molecule has 1 aromatic carbocycles. The maximum atomic E-state index is 13.7. The molecule has 4 aliphatic rings. The molecule has 16 heteroatoms. The van der Waals surface area contributed by atoms with Gasteiger partial charge in [0.15, 0.2) is 17.6 Å². The molecule has 2 aliphatic carbocycles. The number of aliphatic carboxylic acids is 2. The number of carboxylic acids is 2. The summed E-state index contributed by atoms with van der Waals surface area (Å²) in [5, 5.41) is 30.7. The number of esters is 4. The molecule has 0 amide bonds. The second-order valence-electron chi connectivity index (χ2n) is 11.6. The van der Waals surface area contributed by atoms with Crippen LogP contribution < -0.4 is 9.47 Å². The van der Waals surface area contributed by atoms with Gasteiger partial charge in [-0.15, -0.1) is 0 Å². The van der Waals surface area contributed by atoms with Crippen molar-refractivity contribution in [1.29, 1.82) is 0 Å². The third-order valence-corrected chi connectivity index (χ3v) is 9.00. The van der Waals surface area contributed by atoms with Crippen molar-refractivity contribution in [1.82, 2.24) is 4.90 Å². The molecule has 46 heavy (non-hydrogen) atoms. The van der Waals surface area contributed by atoms with Crippen LogP contribution in [0.2, 0.25) is 0 Å². The van der Waals surface area contributed by atoms with Gasteiger partial charge in [-0.2, -0.15) is 0 Å². The lowest BCUT2D eigenvalue weighted by Crippen LogP contribution is -2.74. The van der Waals surface area contributed by atoms with Gasteiger partial charge in [-0.25, -0.2) is 14.4 Å². The Hall–Kier alpha value is -4.70. The highest BCUT2D eigenvalue weighted by molar-refractivity contribution is 5.91. The first kappa shape index (κ1) is 32.7. The zero-order valence-corrected chi connectivity index (χ0v) is 25.3. The molecule has 2 bridgehead atoms. The van der Waals surface area contributed by atoms with Crippen molar-refractivity contribution in [3.8, 4) is 11.5 Å². The normalized spacial score (nSPS) is 27.4. The Morgan fingerprint density at radius 2 is 1.67 bits per heavy atom. The van der Waals surface area contributed by atoms with Crippen LogP contribution in [0.1, 0.15) is 44.2 Å². The predicted molar refractivity (Wildman–Crippen MR) is 148 cm³/mol. The minimum Gasteiger partial charge on any atom is -0.493 e. The SMILES string of the molecule is COc1ccc2c3c1O[C@@H]1C(OC(=O)[C@H](OC(C)=O)[C@@H](OC(C)=O)C(=O)O[C@H](CC(=O)O)C(=O)O)=CC[C@]4(O)[C@H](C2)N(C)CC[C@@]314. The molecule has 1 saturated heterocycles. The van der Waals surface area contributed by atoms with Crippen LogP contribution in [-0.4, -0.2) is 113 Å². The Labute approximate surface area is 261 Å². The highest BCUT2D eigenvalue weighted by Crippen LogP contribution is 2.65. The third-order valence-electron chi connectivity index (χ3n) is 9.00. The van der Waals surface area contributed by atoms with E-state index in [2.05, 4.69) is 4.90 Å². The van der Waals surface area contributed by atoms with Gasteiger partial charge in [0.05, 0.1) is 24.5 Å². The number of ether oxygens (including phenoxy) is 6. The van der Waals surface area contributed by atoms with E-state index in [1.165, 1.54) is 13.2 Å². The summed E-state index contributed by atoms with van der Waals surface area (Å²) in [6.45, 7) is 2.33. The van der Waals surface area contributed by atoms with Gasteiger partial charge < -0.3 is 48.6 Å². The summed E-state index contributed by atoms with van der Waals surface area (Å²) in [6, 6.07) is 3.35. The summed E-state index contributed by atoms with van der Waals surface area (Å²) in [4.78, 5) is 75.5. The molecule has 0 unspecified atom stereocenters. The summed E-state index contributed by atoms with van der Waals surface area (Å²) >= 11 is 0. The van der Waals surface area contributed by atoms with Gasteiger partial charge in [0.25, 0.3) is 0 Å². The lowest BCUT2D eigenvalue weighted by Gasteiger charge is -2.61. The Kier molecular flexibility index (Phi) is 8.46. The van der Waals surface area contributed by atoms with Crippen molar-refractivity contribution in [2.24, 2.45) is 0 Å². The van der Waals surface area contributed by atoms with Gasteiger partial charge in [-0.05, 0) is 44.1 Å². The van der Waals surface area contributed by atoms with Gasteiger partial charge in [0.1, 0.15) is 5.76 Å². The molecule has 16 nitrogen and oxygen atoms in total. The number of aliphatic hydroxyl groups is 1. The monoisotopic (exact) mass is 647 g/mol. The highest BCUT2D eigenvalue weighted by atomic mass is 16.6. The maximum absolute atomic E-state index is 13.7. The number of likely N-dealkylation sites (N-methyl/N-ethyl adjacent to an activating group) is 1. The molecule has 7 atom stereocenters. The van der Waals surface area contributed by atoms with Crippen molar-refractivity contribution in [3.63, 3.8) is 0 Å². The standard InChI is InChI=1S/C30H33NO15/c1-13(32)42-23(24(43-14(2)33)28(39)45-18(26(36)37)12-20(34)35)27(38)44-17-7-8-30(40)19-11-15-5-6-16(41-4)22-21(15)29(30,25(17)46-22)9-10-31(19)3/h5-7,18-19,23-25,40H,8-12H2,1-4H3,(H,34,35)(H,36,37)/t18-,19+,23-,24-,25-,29-,30+/m1/s1. The Morgan fingerprint density at radius 1 is 1.02 bits per heavy atom. The molecule has 0 aromatic heterocycles. The fraction of sp³-hybridized carbons (Fsp3) is 0.533. The number of hydrogen-bond donors (Lipinski definition) is 3. The molecule has 5 rings (SSSR count). The lowest BCUT2D eigenvalue weighted by atomic mass is 9.50. The number of nitrogens with zero attached hydrogens (tertiary/aromatic N) is 1. The Bertz CT molecular complexity index is 1540. The Morgan fingerprint density at radius 3 is 2.26 bits per heavy atom. The number of piperidine rings is 1. The third kappa shape index (κ3) is 5.20. The molecular weight excluding hydrogens is 614 g/mol. The smallest absolute Gasteiger partial charge is 0.357 e. The van der Waals surface area contributed by atoms with Crippen LogP contribution in [0.25, 0.3) is 0 Å². The van der Waals surface area contributed by atoms with Crippen LogP contribution in [0, 0.1) is 0 Å². The molecular formula is C30H33NO15. The summed E-state index contributed by atoms with van der Waals surface area (Å²) in [6.07, 6.45) is -6.71. The maximum Gasteiger partial charge on any atom is 0.357 e. The van der Waals surface area contributed by atoms with E-state index in [0.29, 0.717) is 30.9 Å². The summed E-state index contributed by atoms with van der Waals surface area (Å²) in [7, 11) is 3.38. The molecule has 248 valence electrons. The molecule has 2 aliphatic heterocycles. The van der Waals surface area contributed by atoms with Crippen molar-refractivity contribution in [2.75, 3.05) is 20.7 Å². The molecule has 3 N–H and O–H groups in total. The van der Waals surface area contributed by atoms with E-state index >= 15 is 0 Å². The van der Waals surface area contributed by atoms with Gasteiger partial charge in [0.2, 0.25) is 18.3 Å². The predicted octanol–water partition coefficient (Wildman–Crippen LogP) is -0.149. The highest BCUT2D eigenvalue weighted by Gasteiger charge is 2.72. The van der Waals surface area contributed by atoms with Gasteiger partial charge in [0, 0.05) is 31.9 Å². The molecule has 1 spiro atoms. The zero-order chi connectivity index (χ0) is 33.7. The first-order valence-electron chi connectivity index (χ1n) is 14.4. The summed E-state index contributed by atoms with van der Waals surface area (Å²) in [5.41, 5.74) is -0.762. The van der Waals surface area contributed by atoms with Crippen LogP contribution in [0.3, 0.4) is 0 Å². The average molecular weight is 648 g/mol. The number of benzene rings is 1. The van der Waals surface area contributed by atoms with E-state index in [-0.39, 0.29) is 18.2 Å². The fourth-order valence-corrected chi connectivity index (χ4v) is 7.13. The van der Waals surface area contributed by atoms with Crippen molar-refractivity contribution in [2.45, 2.75) is 81.0 Å². The molecule has 2 heterocycles. The number of likely N-dealkylation sites (tertiary alicyclic amines) is 1. The van der Waals surface area contributed by atoms with E-state index in [1.54, 1.807) is 6.07 Å². The van der Waals surface area contributed by atoms with E-state index in [1.807, 2.05) is 13.1 Å². The Balaban J connectivity index is 1.51. The largest absolute Gasteiger partial charge is 0.493 e. The first-order valence-corrected chi connectivity index (χ1v) is 14.4. The molecule has 0 radical (unpaired) electrons. The van der Waals surface area contributed by atoms with E-state index < -0.39 is 77.7 Å².